The maximum absolute atomic E-state index is 12.7. The molecule has 1 aliphatic carbocycles. The monoisotopic (exact) mass is 328 g/mol. The summed E-state index contributed by atoms with van der Waals surface area (Å²) in [6.45, 7) is 4.79. The van der Waals surface area contributed by atoms with Crippen LogP contribution in [0.1, 0.15) is 24.8 Å². The zero-order chi connectivity index (χ0) is 16.4. The van der Waals surface area contributed by atoms with Crippen molar-refractivity contribution in [2.45, 2.75) is 37.8 Å². The molecule has 5 nitrogen and oxygen atoms in total. The van der Waals surface area contributed by atoms with Crippen molar-refractivity contribution in [1.82, 2.24) is 20.7 Å². The van der Waals surface area contributed by atoms with Crippen LogP contribution in [0.25, 0.3) is 0 Å². The minimum atomic E-state index is -0.0218. The predicted molar refractivity (Wildman–Crippen MR) is 94.4 cm³/mol. The van der Waals surface area contributed by atoms with Gasteiger partial charge in [0.1, 0.15) is 6.04 Å². The molecule has 1 aromatic carbocycles. The molecule has 1 saturated carbocycles. The lowest BCUT2D eigenvalue weighted by Crippen LogP contribution is -2.53. The quantitative estimate of drug-likeness (QED) is 0.847. The van der Waals surface area contributed by atoms with Gasteiger partial charge in [0.15, 0.2) is 0 Å². The first kappa shape index (κ1) is 16.1. The van der Waals surface area contributed by atoms with Gasteiger partial charge in [0.25, 0.3) is 0 Å². The minimum absolute atomic E-state index is 0.0218. The summed E-state index contributed by atoms with van der Waals surface area (Å²) in [5.41, 5.74) is 7.95. The van der Waals surface area contributed by atoms with E-state index in [1.165, 1.54) is 18.4 Å². The van der Waals surface area contributed by atoms with Gasteiger partial charge in [-0.3, -0.25) is 15.1 Å². The van der Waals surface area contributed by atoms with Crippen LogP contribution in [0.2, 0.25) is 0 Å². The van der Waals surface area contributed by atoms with E-state index >= 15 is 0 Å². The van der Waals surface area contributed by atoms with Crippen molar-refractivity contribution in [2.75, 3.05) is 32.7 Å². The smallest absolute Gasteiger partial charge is 0.241 e. The Balaban J connectivity index is 1.20. The summed E-state index contributed by atoms with van der Waals surface area (Å²) in [7, 11) is 0. The maximum atomic E-state index is 12.7. The number of hydrogen-bond acceptors (Lipinski definition) is 4. The highest BCUT2D eigenvalue weighted by molar-refractivity contribution is 5.82. The Kier molecular flexibility index (Phi) is 4.83. The lowest BCUT2D eigenvalue weighted by Gasteiger charge is -2.35. The van der Waals surface area contributed by atoms with E-state index in [1.807, 2.05) is 4.90 Å². The highest BCUT2D eigenvalue weighted by atomic mass is 16.2. The number of hydrazine groups is 1. The third-order valence-electron chi connectivity index (χ3n) is 5.67. The summed E-state index contributed by atoms with van der Waals surface area (Å²) in [4.78, 5) is 17.2. The summed E-state index contributed by atoms with van der Waals surface area (Å²) >= 11 is 0. The second kappa shape index (κ2) is 7.21. The Hall–Kier alpha value is -1.43. The zero-order valence-corrected chi connectivity index (χ0v) is 14.3. The van der Waals surface area contributed by atoms with E-state index in [0.29, 0.717) is 6.04 Å². The number of nitrogens with zero attached hydrogens (tertiary/aromatic N) is 2. The van der Waals surface area contributed by atoms with Crippen molar-refractivity contribution < 1.29 is 4.79 Å². The van der Waals surface area contributed by atoms with E-state index in [9.17, 15) is 4.79 Å². The SMILES string of the molecule is O=C(C1CC(C2CC2)NN1)N1CCN(CCc2ccccc2)CC1. The molecule has 3 aliphatic rings. The molecular weight excluding hydrogens is 300 g/mol. The molecule has 0 spiro atoms. The van der Waals surface area contributed by atoms with Crippen molar-refractivity contribution in [1.29, 1.82) is 0 Å². The van der Waals surface area contributed by atoms with E-state index in [1.54, 1.807) is 0 Å². The van der Waals surface area contributed by atoms with Crippen molar-refractivity contribution in [2.24, 2.45) is 5.92 Å². The predicted octanol–water partition coefficient (Wildman–Crippen LogP) is 1.02. The highest BCUT2D eigenvalue weighted by Gasteiger charge is 2.40. The fourth-order valence-corrected chi connectivity index (χ4v) is 3.90. The third kappa shape index (κ3) is 3.79. The van der Waals surface area contributed by atoms with Crippen molar-refractivity contribution >= 4 is 5.91 Å². The second-order valence-electron chi connectivity index (χ2n) is 7.42. The summed E-state index contributed by atoms with van der Waals surface area (Å²) in [5, 5.41) is 0. The number of nitrogens with one attached hydrogen (secondary N) is 2. The molecule has 0 aromatic heterocycles. The summed E-state index contributed by atoms with van der Waals surface area (Å²) in [5.74, 6) is 1.08. The largest absolute Gasteiger partial charge is 0.339 e. The Morgan fingerprint density at radius 2 is 1.79 bits per heavy atom. The molecule has 2 aliphatic heterocycles. The van der Waals surface area contributed by atoms with Gasteiger partial charge in [-0.1, -0.05) is 30.3 Å². The lowest BCUT2D eigenvalue weighted by atomic mass is 10.1. The summed E-state index contributed by atoms with van der Waals surface area (Å²) in [6, 6.07) is 11.1. The summed E-state index contributed by atoms with van der Waals surface area (Å²) < 4.78 is 0. The molecule has 2 unspecified atom stereocenters. The van der Waals surface area contributed by atoms with E-state index in [0.717, 1.165) is 51.5 Å². The topological polar surface area (TPSA) is 47.6 Å². The molecule has 24 heavy (non-hydrogen) atoms. The van der Waals surface area contributed by atoms with Crippen molar-refractivity contribution in [3.8, 4) is 0 Å². The first-order valence-corrected chi connectivity index (χ1v) is 9.36. The van der Waals surface area contributed by atoms with Gasteiger partial charge >= 0.3 is 0 Å². The van der Waals surface area contributed by atoms with Gasteiger partial charge in [0.05, 0.1) is 0 Å². The molecular formula is C19H28N4O. The van der Waals surface area contributed by atoms with Crippen LogP contribution in [-0.2, 0) is 11.2 Å². The standard InChI is InChI=1S/C19H28N4O/c24-19(18-14-17(20-21-18)16-6-7-16)23-12-10-22(11-13-23)9-8-15-4-2-1-3-5-15/h1-5,16-18,20-21H,6-14H2. The molecule has 3 fully saturated rings. The van der Waals surface area contributed by atoms with E-state index in [-0.39, 0.29) is 11.9 Å². The third-order valence-corrected chi connectivity index (χ3v) is 5.67. The Bertz CT molecular complexity index is 552. The minimum Gasteiger partial charge on any atom is -0.339 e. The molecule has 1 aromatic rings. The number of hydrogen-bond donors (Lipinski definition) is 2. The number of carbonyl (C=O) groups is 1. The molecule has 4 rings (SSSR count). The van der Waals surface area contributed by atoms with Crippen LogP contribution in [0.4, 0.5) is 0 Å². The number of piperazine rings is 1. The van der Waals surface area contributed by atoms with Crippen LogP contribution in [-0.4, -0.2) is 60.5 Å². The molecule has 1 amide bonds. The number of amides is 1. The second-order valence-corrected chi connectivity index (χ2v) is 7.42. The molecule has 2 heterocycles. The first-order chi connectivity index (χ1) is 11.8. The average molecular weight is 328 g/mol. The molecule has 5 heteroatoms. The van der Waals surface area contributed by atoms with Crippen LogP contribution in [0, 0.1) is 5.92 Å². The van der Waals surface area contributed by atoms with Gasteiger partial charge in [0.2, 0.25) is 5.91 Å². The molecule has 130 valence electrons. The zero-order valence-electron chi connectivity index (χ0n) is 14.3. The highest BCUT2D eigenvalue weighted by Crippen LogP contribution is 2.35. The number of carbonyl (C=O) groups excluding carboxylic acids is 1. The average Bonchev–Trinajstić information content (AvgIpc) is 3.38. The van der Waals surface area contributed by atoms with Gasteiger partial charge in [-0.25, -0.2) is 5.43 Å². The van der Waals surface area contributed by atoms with Gasteiger partial charge in [-0.15, -0.1) is 0 Å². The lowest BCUT2D eigenvalue weighted by molar-refractivity contribution is -0.134. The van der Waals surface area contributed by atoms with Gasteiger partial charge < -0.3 is 4.90 Å². The van der Waals surface area contributed by atoms with Crippen LogP contribution >= 0.6 is 0 Å². The Morgan fingerprint density at radius 3 is 2.50 bits per heavy atom. The Labute approximate surface area is 144 Å². The number of rotatable bonds is 5. The van der Waals surface area contributed by atoms with Crippen LogP contribution < -0.4 is 10.9 Å². The van der Waals surface area contributed by atoms with Crippen molar-refractivity contribution in [3.05, 3.63) is 35.9 Å². The maximum Gasteiger partial charge on any atom is 0.241 e. The van der Waals surface area contributed by atoms with Crippen LogP contribution in [0.5, 0.6) is 0 Å². The van der Waals surface area contributed by atoms with Gasteiger partial charge in [-0.2, -0.15) is 0 Å². The van der Waals surface area contributed by atoms with Crippen LogP contribution in [0.3, 0.4) is 0 Å². The first-order valence-electron chi connectivity index (χ1n) is 9.36. The van der Waals surface area contributed by atoms with E-state index in [2.05, 4.69) is 46.1 Å². The molecule has 2 saturated heterocycles. The molecule has 0 bridgehead atoms. The Morgan fingerprint density at radius 1 is 1.04 bits per heavy atom. The molecule has 2 N–H and O–H groups in total. The molecule has 2 atom stereocenters. The van der Waals surface area contributed by atoms with Gasteiger partial charge in [0, 0.05) is 38.8 Å². The normalized spacial score (nSPS) is 28.2. The summed E-state index contributed by atoms with van der Waals surface area (Å²) in [6.07, 6.45) is 4.68. The van der Waals surface area contributed by atoms with E-state index < -0.39 is 0 Å². The van der Waals surface area contributed by atoms with E-state index in [4.69, 9.17) is 0 Å². The van der Waals surface area contributed by atoms with Crippen LogP contribution in [0.15, 0.2) is 30.3 Å². The van der Waals surface area contributed by atoms with Crippen molar-refractivity contribution in [3.63, 3.8) is 0 Å². The molecule has 0 radical (unpaired) electrons. The fourth-order valence-electron chi connectivity index (χ4n) is 3.90. The fraction of sp³-hybridized carbons (Fsp3) is 0.632. The number of benzene rings is 1. The van der Waals surface area contributed by atoms with Gasteiger partial charge in [-0.05, 0) is 37.2 Å².